The highest BCUT2D eigenvalue weighted by atomic mass is 127. The van der Waals surface area contributed by atoms with Gasteiger partial charge in [-0.05, 0) is 69.9 Å². The lowest BCUT2D eigenvalue weighted by Gasteiger charge is -2.02. The van der Waals surface area contributed by atoms with Gasteiger partial charge in [-0.15, -0.1) is 0 Å². The maximum Gasteiger partial charge on any atom is 0.183 e. The van der Waals surface area contributed by atoms with E-state index in [1.165, 1.54) is 69.5 Å². The van der Waals surface area contributed by atoms with Gasteiger partial charge < -0.3 is 34.3 Å². The van der Waals surface area contributed by atoms with Crippen LogP contribution in [0, 0.1) is 5.21 Å². The van der Waals surface area contributed by atoms with Gasteiger partial charge in [0.05, 0.1) is 0 Å². The van der Waals surface area contributed by atoms with Crippen LogP contribution in [0.25, 0.3) is 0 Å². The first kappa shape index (κ1) is 32.3. The first-order valence-corrected chi connectivity index (χ1v) is 13.8. The normalized spacial score (nSPS) is 11.4. The second-order valence-electron chi connectivity index (χ2n) is 9.53. The predicted octanol–water partition coefficient (Wildman–Crippen LogP) is 3.57. The van der Waals surface area contributed by atoms with Gasteiger partial charge in [-0.2, -0.15) is 4.73 Å². The van der Waals surface area contributed by atoms with Gasteiger partial charge >= 0.3 is 0 Å². The van der Waals surface area contributed by atoms with Crippen molar-refractivity contribution < 1.29 is 38.4 Å². The van der Waals surface area contributed by atoms with Crippen LogP contribution in [-0.4, -0.2) is 11.7 Å². The molecule has 4 nitrogen and oxygen atoms in total. The summed E-state index contributed by atoms with van der Waals surface area (Å²) in [5, 5.41) is 20.0. The fourth-order valence-corrected chi connectivity index (χ4v) is 4.35. The number of aliphatic hydroxyl groups is 1. The van der Waals surface area contributed by atoms with E-state index in [2.05, 4.69) is 53.4 Å². The maximum absolute atomic E-state index is 11.3. The molecule has 0 bridgehead atoms. The Kier molecular flexibility index (Phi) is 20.2. The molecule has 1 N–H and O–H groups in total. The number of nitrogens with zero attached hydrogens (tertiary/aromatic N) is 2. The summed E-state index contributed by atoms with van der Waals surface area (Å²) >= 11 is 0. The molecule has 0 fully saturated rings. The zero-order valence-electron chi connectivity index (χ0n) is 22.1. The van der Waals surface area contributed by atoms with Crippen LogP contribution >= 0.6 is 0 Å². The molecule has 0 atom stereocenters. The smallest absolute Gasteiger partial charge is 0.183 e. The van der Waals surface area contributed by atoms with Gasteiger partial charge in [0.1, 0.15) is 0 Å². The van der Waals surface area contributed by atoms with Crippen molar-refractivity contribution >= 4 is 0 Å². The molecule has 2 aromatic heterocycles. The first-order chi connectivity index (χ1) is 17.3. The SMILES string of the molecule is [I-].[O-][n+]1cccc(CCCCC/C=C/CC[n+]2cccc(CCCCCCCC/C=C/CCO)c2)c1. The van der Waals surface area contributed by atoms with Crippen molar-refractivity contribution in [2.75, 3.05) is 6.61 Å². The monoisotopic (exact) mass is 606 g/mol. The molecule has 0 aromatic carbocycles. The van der Waals surface area contributed by atoms with E-state index in [0.717, 1.165) is 55.4 Å². The molecule has 200 valence electrons. The highest BCUT2D eigenvalue weighted by molar-refractivity contribution is 5.06. The number of halogens is 1. The van der Waals surface area contributed by atoms with Gasteiger partial charge in [-0.3, -0.25) is 0 Å². The number of rotatable bonds is 20. The Hall–Kier alpha value is -1.73. The molecule has 0 unspecified atom stereocenters. The fraction of sp³-hybridized carbons (Fsp3) is 0.548. The lowest BCUT2D eigenvalue weighted by Crippen LogP contribution is -3.00. The number of allylic oxidation sites excluding steroid dienone is 3. The first-order valence-electron chi connectivity index (χ1n) is 13.8. The van der Waals surface area contributed by atoms with Crippen molar-refractivity contribution in [3.8, 4) is 0 Å². The van der Waals surface area contributed by atoms with Crippen LogP contribution in [0.5, 0.6) is 0 Å². The van der Waals surface area contributed by atoms with Crippen molar-refractivity contribution in [1.82, 2.24) is 0 Å². The predicted molar refractivity (Wildman–Crippen MR) is 145 cm³/mol. The number of unbranched alkanes of at least 4 members (excludes halogenated alkanes) is 9. The Labute approximate surface area is 236 Å². The van der Waals surface area contributed by atoms with Gasteiger partial charge in [0.2, 0.25) is 0 Å². The molecule has 0 saturated carbocycles. The summed E-state index contributed by atoms with van der Waals surface area (Å²) in [5.41, 5.74) is 2.58. The maximum atomic E-state index is 11.3. The minimum absolute atomic E-state index is 0. The highest BCUT2D eigenvalue weighted by Crippen LogP contribution is 2.11. The molecule has 2 rings (SSSR count). The minimum Gasteiger partial charge on any atom is -1.00 e. The van der Waals surface area contributed by atoms with Crippen LogP contribution in [0.4, 0.5) is 0 Å². The van der Waals surface area contributed by atoms with Crippen LogP contribution in [0.3, 0.4) is 0 Å². The van der Waals surface area contributed by atoms with Crippen molar-refractivity contribution in [2.24, 2.45) is 0 Å². The molecule has 0 aliphatic rings. The lowest BCUT2D eigenvalue weighted by atomic mass is 10.1. The van der Waals surface area contributed by atoms with Gasteiger partial charge in [0.15, 0.2) is 31.3 Å². The Bertz CT molecular complexity index is 854. The summed E-state index contributed by atoms with van der Waals surface area (Å²) in [4.78, 5) is 0. The molecule has 0 spiro atoms. The summed E-state index contributed by atoms with van der Waals surface area (Å²) in [6.07, 6.45) is 34.4. The Morgan fingerprint density at radius 3 is 1.83 bits per heavy atom. The second kappa shape index (κ2) is 22.5. The molecular weight excluding hydrogens is 559 g/mol. The molecular formula is C31H47IN2O2. The third-order valence-electron chi connectivity index (χ3n) is 6.36. The Morgan fingerprint density at radius 2 is 1.17 bits per heavy atom. The number of aryl methyl sites for hydroxylation is 3. The number of pyridine rings is 2. The van der Waals surface area contributed by atoms with E-state index < -0.39 is 0 Å². The molecule has 0 aliphatic carbocycles. The van der Waals surface area contributed by atoms with Gasteiger partial charge in [0, 0.05) is 36.3 Å². The van der Waals surface area contributed by atoms with Gasteiger partial charge in [0.25, 0.3) is 0 Å². The van der Waals surface area contributed by atoms with Crippen LogP contribution < -0.4 is 33.3 Å². The van der Waals surface area contributed by atoms with Crippen LogP contribution in [0.2, 0.25) is 0 Å². The summed E-state index contributed by atoms with van der Waals surface area (Å²) in [6, 6.07) is 8.30. The molecule has 0 aliphatic heterocycles. The fourth-order valence-electron chi connectivity index (χ4n) is 4.35. The highest BCUT2D eigenvalue weighted by Gasteiger charge is 2.02. The van der Waals surface area contributed by atoms with Crippen molar-refractivity contribution in [2.45, 2.75) is 103 Å². The van der Waals surface area contributed by atoms with E-state index in [4.69, 9.17) is 5.11 Å². The van der Waals surface area contributed by atoms with E-state index in [0.29, 0.717) is 0 Å². The summed E-state index contributed by atoms with van der Waals surface area (Å²) in [6.45, 7) is 1.30. The Morgan fingerprint density at radius 1 is 0.639 bits per heavy atom. The third-order valence-corrected chi connectivity index (χ3v) is 6.36. The van der Waals surface area contributed by atoms with Crippen LogP contribution in [-0.2, 0) is 19.4 Å². The molecule has 0 amide bonds. The van der Waals surface area contributed by atoms with Crippen LogP contribution in [0.1, 0.15) is 94.6 Å². The van der Waals surface area contributed by atoms with Crippen LogP contribution in [0.15, 0.2) is 73.4 Å². The average Bonchev–Trinajstić information content (AvgIpc) is 2.86. The zero-order valence-corrected chi connectivity index (χ0v) is 24.2. The quantitative estimate of drug-likeness (QED) is 0.0825. The van der Waals surface area contributed by atoms with Crippen molar-refractivity contribution in [3.63, 3.8) is 0 Å². The summed E-state index contributed by atoms with van der Waals surface area (Å²) in [5.74, 6) is 0. The number of aliphatic hydroxyl groups excluding tert-OH is 1. The Balaban J connectivity index is 0.00000648. The minimum atomic E-state index is 0. The lowest BCUT2D eigenvalue weighted by molar-refractivity contribution is -0.696. The van der Waals surface area contributed by atoms with E-state index >= 15 is 0 Å². The number of aromatic nitrogens is 2. The topological polar surface area (TPSA) is 51.0 Å². The molecule has 36 heavy (non-hydrogen) atoms. The van der Waals surface area contributed by atoms with E-state index in [-0.39, 0.29) is 30.6 Å². The van der Waals surface area contributed by atoms with Gasteiger partial charge in [-0.1, -0.05) is 56.4 Å². The third kappa shape index (κ3) is 16.9. The molecule has 2 heterocycles. The largest absolute Gasteiger partial charge is 1.00 e. The van der Waals surface area contributed by atoms with Crippen molar-refractivity contribution in [1.29, 1.82) is 0 Å². The zero-order chi connectivity index (χ0) is 24.8. The second-order valence-corrected chi connectivity index (χ2v) is 9.53. The summed E-state index contributed by atoms with van der Waals surface area (Å²) in [7, 11) is 0. The standard InChI is InChI=1S/C31H47N2O2.HI/c34-27-17-13-9-4-2-1-3-6-10-14-20-30-22-18-25-32(28-30)24-16-12-8-5-7-11-15-21-31-23-19-26-33(35)29-31;/h8-9,12-13,18-19,22-23,25-26,28-29,34H,1-7,10-11,14-17,20-21,24,27H2;1H/q+1;/p-1/b12-8+,13-9+;. The number of hydrogen-bond donors (Lipinski definition) is 1. The van der Waals surface area contributed by atoms with E-state index in [9.17, 15) is 5.21 Å². The molecule has 2 aromatic rings. The summed E-state index contributed by atoms with van der Waals surface area (Å²) < 4.78 is 3.21. The molecule has 0 radical (unpaired) electrons. The molecule has 0 saturated heterocycles. The van der Waals surface area contributed by atoms with E-state index in [1.54, 1.807) is 6.20 Å². The van der Waals surface area contributed by atoms with Crippen molar-refractivity contribution in [3.05, 3.63) is 89.7 Å². The number of hydrogen-bond acceptors (Lipinski definition) is 2. The van der Waals surface area contributed by atoms with E-state index in [1.807, 2.05) is 12.1 Å². The average molecular weight is 607 g/mol. The van der Waals surface area contributed by atoms with Gasteiger partial charge in [-0.25, -0.2) is 4.57 Å². The molecule has 5 heteroatoms.